The third kappa shape index (κ3) is 4.48. The average molecular weight is 341 g/mol. The number of hydrogen-bond acceptors (Lipinski definition) is 3. The molecule has 2 aromatic rings. The van der Waals surface area contributed by atoms with E-state index in [0.29, 0.717) is 0 Å². The van der Waals surface area contributed by atoms with Crippen LogP contribution in [0.5, 0.6) is 0 Å². The van der Waals surface area contributed by atoms with E-state index in [1.807, 2.05) is 37.3 Å². The van der Waals surface area contributed by atoms with Crippen LogP contribution >= 0.6 is 0 Å². The van der Waals surface area contributed by atoms with Crippen LogP contribution in [-0.4, -0.2) is 26.6 Å². The topological polar surface area (TPSA) is 78.0 Å². The van der Waals surface area contributed by atoms with E-state index in [9.17, 15) is 9.90 Å². The van der Waals surface area contributed by atoms with Crippen LogP contribution in [0.3, 0.4) is 0 Å². The molecule has 25 heavy (non-hydrogen) atoms. The zero-order chi connectivity index (χ0) is 17.7. The van der Waals surface area contributed by atoms with Gasteiger partial charge in [-0.05, 0) is 24.8 Å². The molecule has 0 aliphatic heterocycles. The Labute approximate surface area is 148 Å². The lowest BCUT2D eigenvalue weighted by Crippen LogP contribution is -2.39. The Morgan fingerprint density at radius 2 is 2.00 bits per heavy atom. The minimum Gasteiger partial charge on any atom is -0.389 e. The number of hydrogen-bond donors (Lipinski definition) is 3. The van der Waals surface area contributed by atoms with Crippen molar-refractivity contribution in [3.63, 3.8) is 0 Å². The minimum atomic E-state index is -0.834. The number of imidazole rings is 1. The third-order valence-electron chi connectivity index (χ3n) is 5.03. The van der Waals surface area contributed by atoms with Crippen molar-refractivity contribution >= 4 is 5.91 Å². The summed E-state index contributed by atoms with van der Waals surface area (Å²) < 4.78 is 0. The maximum Gasteiger partial charge on any atom is 0.223 e. The maximum absolute atomic E-state index is 12.4. The molecule has 1 fully saturated rings. The number of rotatable bonds is 6. The zero-order valence-corrected chi connectivity index (χ0v) is 14.8. The summed E-state index contributed by atoms with van der Waals surface area (Å²) in [7, 11) is 0. The molecule has 0 bridgehead atoms. The van der Waals surface area contributed by atoms with Gasteiger partial charge in [-0.1, -0.05) is 56.5 Å². The molecule has 0 saturated heterocycles. The second-order valence-electron chi connectivity index (χ2n) is 7.04. The van der Waals surface area contributed by atoms with Crippen LogP contribution in [-0.2, 0) is 4.79 Å². The van der Waals surface area contributed by atoms with Crippen LogP contribution < -0.4 is 5.32 Å². The van der Waals surface area contributed by atoms with Gasteiger partial charge in [0.2, 0.25) is 5.91 Å². The Kier molecular flexibility index (Phi) is 5.53. The molecule has 5 heteroatoms. The highest BCUT2D eigenvalue weighted by atomic mass is 16.3. The molecule has 0 radical (unpaired) electrons. The van der Waals surface area contributed by atoms with Crippen LogP contribution in [0.25, 0.3) is 11.3 Å². The van der Waals surface area contributed by atoms with Crippen molar-refractivity contribution in [2.75, 3.05) is 0 Å². The Balaban J connectivity index is 1.64. The van der Waals surface area contributed by atoms with Crippen molar-refractivity contribution < 1.29 is 9.90 Å². The summed E-state index contributed by atoms with van der Waals surface area (Å²) in [5.41, 5.74) is 1.17. The first kappa shape index (κ1) is 17.7. The Morgan fingerprint density at radius 3 is 2.68 bits per heavy atom. The number of benzene rings is 1. The lowest BCUT2D eigenvalue weighted by atomic mass is 9.82. The number of aromatic nitrogens is 2. The minimum absolute atomic E-state index is 0.103. The largest absolute Gasteiger partial charge is 0.389 e. The lowest BCUT2D eigenvalue weighted by molar-refractivity contribution is -0.128. The van der Waals surface area contributed by atoms with E-state index in [1.165, 1.54) is 0 Å². The van der Waals surface area contributed by atoms with Crippen LogP contribution in [0, 0.1) is 0 Å². The first-order valence-electron chi connectivity index (χ1n) is 9.22. The average Bonchev–Trinajstić information content (AvgIpc) is 3.10. The van der Waals surface area contributed by atoms with E-state index >= 15 is 0 Å². The van der Waals surface area contributed by atoms with Crippen LogP contribution in [0.4, 0.5) is 0 Å². The van der Waals surface area contributed by atoms with Crippen LogP contribution in [0.15, 0.2) is 36.5 Å². The summed E-state index contributed by atoms with van der Waals surface area (Å²) in [5, 5.41) is 13.6. The van der Waals surface area contributed by atoms with E-state index in [-0.39, 0.29) is 18.4 Å². The molecule has 1 aromatic carbocycles. The molecule has 1 aliphatic carbocycles. The number of H-pyrrole nitrogens is 1. The summed E-state index contributed by atoms with van der Waals surface area (Å²) in [6.45, 7) is 2.02. The molecule has 134 valence electrons. The Morgan fingerprint density at radius 1 is 1.28 bits per heavy atom. The van der Waals surface area contributed by atoms with Gasteiger partial charge in [0.05, 0.1) is 30.0 Å². The van der Waals surface area contributed by atoms with E-state index in [2.05, 4.69) is 15.3 Å². The van der Waals surface area contributed by atoms with Gasteiger partial charge in [-0.15, -0.1) is 0 Å². The molecule has 1 saturated carbocycles. The van der Waals surface area contributed by atoms with Gasteiger partial charge in [0.25, 0.3) is 0 Å². The molecule has 1 amide bonds. The van der Waals surface area contributed by atoms with Gasteiger partial charge < -0.3 is 15.4 Å². The maximum atomic E-state index is 12.4. The second-order valence-corrected chi connectivity index (χ2v) is 7.04. The number of nitrogens with zero attached hydrogens (tertiary/aromatic N) is 1. The summed E-state index contributed by atoms with van der Waals surface area (Å²) >= 11 is 0. The Bertz CT molecular complexity index is 690. The first-order valence-corrected chi connectivity index (χ1v) is 9.22. The first-order chi connectivity index (χ1) is 12.1. The highest BCUT2D eigenvalue weighted by Crippen LogP contribution is 2.31. The lowest BCUT2D eigenvalue weighted by Gasteiger charge is -2.31. The van der Waals surface area contributed by atoms with Crippen LogP contribution in [0.2, 0.25) is 0 Å². The second kappa shape index (κ2) is 7.83. The van der Waals surface area contributed by atoms with Gasteiger partial charge in [0.15, 0.2) is 0 Å². The summed E-state index contributed by atoms with van der Waals surface area (Å²) in [6.07, 6.45) is 7.30. The highest BCUT2D eigenvalue weighted by molar-refractivity contribution is 5.77. The molecule has 1 aromatic heterocycles. The molecular formula is C20H27N3O2. The molecular weight excluding hydrogens is 314 g/mol. The molecule has 1 unspecified atom stereocenters. The van der Waals surface area contributed by atoms with Gasteiger partial charge >= 0.3 is 0 Å². The summed E-state index contributed by atoms with van der Waals surface area (Å²) in [5.74, 6) is 0.652. The third-order valence-corrected chi connectivity index (χ3v) is 5.03. The van der Waals surface area contributed by atoms with Gasteiger partial charge in [-0.3, -0.25) is 4.79 Å². The van der Waals surface area contributed by atoms with Gasteiger partial charge in [0.1, 0.15) is 5.82 Å². The van der Waals surface area contributed by atoms with E-state index in [1.54, 1.807) is 6.20 Å². The quantitative estimate of drug-likeness (QED) is 0.749. The summed E-state index contributed by atoms with van der Waals surface area (Å²) in [4.78, 5) is 20.2. The van der Waals surface area contributed by atoms with E-state index in [4.69, 9.17) is 0 Å². The van der Waals surface area contributed by atoms with Gasteiger partial charge in [-0.25, -0.2) is 4.98 Å². The number of amides is 1. The molecule has 1 heterocycles. The molecule has 3 N–H and O–H groups in total. The molecule has 1 atom stereocenters. The SMILES string of the molecule is CCC(NC(=O)CC1(O)CCCCC1)c1ncc(-c2ccccc2)[nH]1. The smallest absolute Gasteiger partial charge is 0.223 e. The standard InChI is InChI=1S/C20H27N3O2/c1-2-16(22-18(24)13-20(25)11-7-4-8-12-20)19-21-14-17(23-19)15-9-5-3-6-10-15/h3,5-6,9-10,14,16,25H,2,4,7-8,11-13H2,1H3,(H,21,23)(H,22,24). The van der Waals surface area contributed by atoms with Crippen molar-refractivity contribution in [1.29, 1.82) is 0 Å². The molecule has 5 nitrogen and oxygen atoms in total. The molecule has 1 aliphatic rings. The number of aromatic amines is 1. The van der Waals surface area contributed by atoms with Crippen molar-refractivity contribution in [3.8, 4) is 11.3 Å². The fourth-order valence-corrected chi connectivity index (χ4v) is 3.57. The van der Waals surface area contributed by atoms with Crippen LogP contribution in [0.1, 0.15) is 63.7 Å². The predicted octanol–water partition coefficient (Wildman–Crippen LogP) is 3.73. The number of aliphatic hydroxyl groups is 1. The van der Waals surface area contributed by atoms with Gasteiger partial charge in [0, 0.05) is 0 Å². The normalized spacial score (nSPS) is 17.8. The Hall–Kier alpha value is -2.14. The number of carbonyl (C=O) groups excluding carboxylic acids is 1. The highest BCUT2D eigenvalue weighted by Gasteiger charge is 2.32. The van der Waals surface area contributed by atoms with Crippen molar-refractivity contribution in [3.05, 3.63) is 42.4 Å². The zero-order valence-electron chi connectivity index (χ0n) is 14.8. The summed E-state index contributed by atoms with van der Waals surface area (Å²) in [6, 6.07) is 9.83. The predicted molar refractivity (Wildman–Crippen MR) is 97.9 cm³/mol. The van der Waals surface area contributed by atoms with Gasteiger partial charge in [-0.2, -0.15) is 0 Å². The van der Waals surface area contributed by atoms with E-state index < -0.39 is 5.60 Å². The number of carbonyl (C=O) groups is 1. The fraction of sp³-hybridized carbons (Fsp3) is 0.500. The molecule has 3 rings (SSSR count). The van der Waals surface area contributed by atoms with E-state index in [0.717, 1.165) is 55.6 Å². The fourth-order valence-electron chi connectivity index (χ4n) is 3.57. The number of nitrogens with one attached hydrogen (secondary N) is 2. The van der Waals surface area contributed by atoms with Crippen molar-refractivity contribution in [2.24, 2.45) is 0 Å². The van der Waals surface area contributed by atoms with Crippen molar-refractivity contribution in [1.82, 2.24) is 15.3 Å². The molecule has 0 spiro atoms. The van der Waals surface area contributed by atoms with Crippen molar-refractivity contribution in [2.45, 2.75) is 63.5 Å². The monoisotopic (exact) mass is 341 g/mol.